The zero-order valence-electron chi connectivity index (χ0n) is 9.93. The fourth-order valence-electron chi connectivity index (χ4n) is 2.48. The van der Waals surface area contributed by atoms with E-state index >= 15 is 0 Å². The van der Waals surface area contributed by atoms with Gasteiger partial charge in [-0.2, -0.15) is 0 Å². The lowest BCUT2D eigenvalue weighted by Gasteiger charge is -2.38. The molecule has 0 aromatic carbocycles. The first-order valence-electron chi connectivity index (χ1n) is 5.92. The number of nitrogens with zero attached hydrogens (tertiary/aromatic N) is 3. The molecule has 0 radical (unpaired) electrons. The quantitative estimate of drug-likeness (QED) is 0.891. The van der Waals surface area contributed by atoms with E-state index < -0.39 is 11.4 Å². The van der Waals surface area contributed by atoms with E-state index in [-0.39, 0.29) is 0 Å². The van der Waals surface area contributed by atoms with E-state index in [1.165, 1.54) is 11.3 Å². The minimum absolute atomic E-state index is 0.518. The van der Waals surface area contributed by atoms with Gasteiger partial charge >= 0.3 is 5.97 Å². The van der Waals surface area contributed by atoms with Crippen molar-refractivity contribution in [1.82, 2.24) is 10.2 Å². The molecule has 0 saturated carbocycles. The Morgan fingerprint density at radius 2 is 2.29 bits per heavy atom. The molecule has 17 heavy (non-hydrogen) atoms. The van der Waals surface area contributed by atoms with Crippen LogP contribution in [0.1, 0.15) is 32.6 Å². The summed E-state index contributed by atoms with van der Waals surface area (Å²) in [6, 6.07) is 0. The Bertz CT molecular complexity index is 372. The summed E-state index contributed by atoms with van der Waals surface area (Å²) in [5, 5.41) is 18.1. The molecule has 0 bridgehead atoms. The van der Waals surface area contributed by atoms with Gasteiger partial charge in [0.2, 0.25) is 5.13 Å². The van der Waals surface area contributed by atoms with Crippen LogP contribution in [0.2, 0.25) is 0 Å². The number of piperidine rings is 1. The highest BCUT2D eigenvalue weighted by Gasteiger charge is 2.40. The lowest BCUT2D eigenvalue weighted by molar-refractivity contribution is -0.150. The highest BCUT2D eigenvalue weighted by Crippen LogP contribution is 2.37. The molecule has 0 aliphatic carbocycles. The van der Waals surface area contributed by atoms with E-state index in [0.717, 1.165) is 31.1 Å². The summed E-state index contributed by atoms with van der Waals surface area (Å²) < 4.78 is 0. The summed E-state index contributed by atoms with van der Waals surface area (Å²) in [6.07, 6.45) is 3.10. The monoisotopic (exact) mass is 255 g/mol. The zero-order chi connectivity index (χ0) is 12.3. The summed E-state index contributed by atoms with van der Waals surface area (Å²) in [6.45, 7) is 3.57. The molecular weight excluding hydrogens is 238 g/mol. The largest absolute Gasteiger partial charge is 0.481 e. The third-order valence-corrected chi connectivity index (χ3v) is 4.27. The van der Waals surface area contributed by atoms with Gasteiger partial charge in [-0.1, -0.05) is 24.7 Å². The first-order chi connectivity index (χ1) is 8.18. The van der Waals surface area contributed by atoms with Gasteiger partial charge in [0.15, 0.2) is 0 Å². The van der Waals surface area contributed by atoms with Gasteiger partial charge in [-0.3, -0.25) is 4.79 Å². The molecule has 1 aliphatic rings. The Labute approximate surface area is 104 Å². The van der Waals surface area contributed by atoms with Crippen molar-refractivity contribution in [3.05, 3.63) is 5.51 Å². The van der Waals surface area contributed by atoms with E-state index in [1.54, 1.807) is 5.51 Å². The molecule has 94 valence electrons. The van der Waals surface area contributed by atoms with Gasteiger partial charge in [0.05, 0.1) is 5.41 Å². The highest BCUT2D eigenvalue weighted by atomic mass is 32.1. The van der Waals surface area contributed by atoms with Crippen LogP contribution in [0.25, 0.3) is 0 Å². The minimum atomic E-state index is -0.642. The van der Waals surface area contributed by atoms with Crippen molar-refractivity contribution in [1.29, 1.82) is 0 Å². The van der Waals surface area contributed by atoms with Gasteiger partial charge in [-0.15, -0.1) is 10.2 Å². The summed E-state index contributed by atoms with van der Waals surface area (Å²) in [4.78, 5) is 13.5. The summed E-state index contributed by atoms with van der Waals surface area (Å²) in [7, 11) is 0. The van der Waals surface area contributed by atoms with Crippen molar-refractivity contribution < 1.29 is 9.90 Å². The molecule has 1 aromatic rings. The fourth-order valence-corrected chi connectivity index (χ4v) is 3.09. The van der Waals surface area contributed by atoms with E-state index in [2.05, 4.69) is 15.1 Å². The van der Waals surface area contributed by atoms with Crippen LogP contribution in [0, 0.1) is 5.41 Å². The maximum Gasteiger partial charge on any atom is 0.309 e. The molecule has 0 atom stereocenters. The first kappa shape index (κ1) is 12.3. The third-order valence-electron chi connectivity index (χ3n) is 3.52. The zero-order valence-corrected chi connectivity index (χ0v) is 10.7. The number of carboxylic acids is 1. The molecule has 2 heterocycles. The van der Waals surface area contributed by atoms with Crippen molar-refractivity contribution in [3.8, 4) is 0 Å². The maximum absolute atomic E-state index is 11.4. The standard InChI is InChI=1S/C11H17N3O2S/c1-2-3-11(9(15)16)4-6-14(7-5-11)10-13-12-8-17-10/h8H,2-7H2,1H3,(H,15,16). The summed E-state index contributed by atoms with van der Waals surface area (Å²) >= 11 is 1.51. The second-order valence-electron chi connectivity index (χ2n) is 4.54. The molecule has 1 saturated heterocycles. The SMILES string of the molecule is CCCC1(C(=O)O)CCN(c2nncs2)CC1. The molecule has 0 spiro atoms. The molecule has 1 aromatic heterocycles. The number of aromatic nitrogens is 2. The summed E-state index contributed by atoms with van der Waals surface area (Å²) in [5.74, 6) is -0.642. The Morgan fingerprint density at radius 3 is 2.76 bits per heavy atom. The van der Waals surface area contributed by atoms with Gasteiger partial charge < -0.3 is 10.0 Å². The molecule has 0 unspecified atom stereocenters. The van der Waals surface area contributed by atoms with Crippen molar-refractivity contribution in [3.63, 3.8) is 0 Å². The Morgan fingerprint density at radius 1 is 1.59 bits per heavy atom. The van der Waals surface area contributed by atoms with Gasteiger partial charge in [0.1, 0.15) is 5.51 Å². The van der Waals surface area contributed by atoms with Crippen LogP contribution in [0.3, 0.4) is 0 Å². The average Bonchev–Trinajstić information content (AvgIpc) is 2.83. The normalized spacial score (nSPS) is 19.2. The second kappa shape index (κ2) is 5.00. The van der Waals surface area contributed by atoms with Crippen LogP contribution in [0.15, 0.2) is 5.51 Å². The van der Waals surface area contributed by atoms with E-state index in [0.29, 0.717) is 12.8 Å². The van der Waals surface area contributed by atoms with Gasteiger partial charge in [-0.05, 0) is 19.3 Å². The van der Waals surface area contributed by atoms with Crippen molar-refractivity contribution in [2.24, 2.45) is 5.41 Å². The van der Waals surface area contributed by atoms with Crippen LogP contribution in [-0.4, -0.2) is 34.4 Å². The average molecular weight is 255 g/mol. The number of hydrogen-bond donors (Lipinski definition) is 1. The molecule has 6 heteroatoms. The number of anilines is 1. The Balaban J connectivity index is 2.03. The molecule has 0 amide bonds. The predicted molar refractivity (Wildman–Crippen MR) is 66.3 cm³/mol. The molecule has 1 N–H and O–H groups in total. The van der Waals surface area contributed by atoms with Crippen molar-refractivity contribution >= 4 is 22.4 Å². The summed E-state index contributed by atoms with van der Waals surface area (Å²) in [5.41, 5.74) is 1.19. The van der Waals surface area contributed by atoms with E-state index in [4.69, 9.17) is 0 Å². The van der Waals surface area contributed by atoms with E-state index in [9.17, 15) is 9.90 Å². The van der Waals surface area contributed by atoms with Crippen LogP contribution >= 0.6 is 11.3 Å². The van der Waals surface area contributed by atoms with Gasteiger partial charge in [0, 0.05) is 13.1 Å². The highest BCUT2D eigenvalue weighted by molar-refractivity contribution is 7.13. The predicted octanol–water partition coefficient (Wildman–Crippen LogP) is 2.01. The smallest absolute Gasteiger partial charge is 0.309 e. The van der Waals surface area contributed by atoms with Crippen LogP contribution in [-0.2, 0) is 4.79 Å². The van der Waals surface area contributed by atoms with Gasteiger partial charge in [0.25, 0.3) is 0 Å². The number of carboxylic acid groups (broad SMARTS) is 1. The fraction of sp³-hybridized carbons (Fsp3) is 0.727. The first-order valence-corrected chi connectivity index (χ1v) is 6.80. The van der Waals surface area contributed by atoms with Crippen LogP contribution in [0.4, 0.5) is 5.13 Å². The van der Waals surface area contributed by atoms with Crippen LogP contribution in [0.5, 0.6) is 0 Å². The van der Waals surface area contributed by atoms with Crippen molar-refractivity contribution in [2.45, 2.75) is 32.6 Å². The Kier molecular flexibility index (Phi) is 3.61. The second-order valence-corrected chi connectivity index (χ2v) is 5.36. The molecule has 5 nitrogen and oxygen atoms in total. The number of rotatable bonds is 4. The maximum atomic E-state index is 11.4. The Hall–Kier alpha value is -1.17. The molecule has 1 aliphatic heterocycles. The number of carbonyl (C=O) groups is 1. The third kappa shape index (κ3) is 2.41. The lowest BCUT2D eigenvalue weighted by atomic mass is 9.75. The molecular formula is C11H17N3O2S. The number of hydrogen-bond acceptors (Lipinski definition) is 5. The van der Waals surface area contributed by atoms with Gasteiger partial charge in [-0.25, -0.2) is 0 Å². The molecule has 1 fully saturated rings. The molecule has 2 rings (SSSR count). The van der Waals surface area contributed by atoms with Crippen LogP contribution < -0.4 is 4.90 Å². The lowest BCUT2D eigenvalue weighted by Crippen LogP contribution is -2.44. The minimum Gasteiger partial charge on any atom is -0.481 e. The topological polar surface area (TPSA) is 66.3 Å². The van der Waals surface area contributed by atoms with E-state index in [1.807, 2.05) is 6.92 Å². The van der Waals surface area contributed by atoms with Crippen molar-refractivity contribution in [2.75, 3.05) is 18.0 Å². The number of aliphatic carboxylic acids is 1.